The molecule has 0 N–H and O–H groups in total. The van der Waals surface area contributed by atoms with Gasteiger partial charge in [-0.15, -0.1) is 0 Å². The van der Waals surface area contributed by atoms with Gasteiger partial charge in [-0.2, -0.15) is 0 Å². The molecular formula is C19H20N2O4. The van der Waals surface area contributed by atoms with Gasteiger partial charge in [-0.05, 0) is 13.0 Å². The van der Waals surface area contributed by atoms with Crippen LogP contribution >= 0.6 is 0 Å². The second kappa shape index (κ2) is 7.44. The molecule has 0 bridgehead atoms. The highest BCUT2D eigenvalue weighted by Crippen LogP contribution is 2.17. The number of benzene rings is 1. The van der Waals surface area contributed by atoms with Gasteiger partial charge in [-0.3, -0.25) is 19.0 Å². The summed E-state index contributed by atoms with van der Waals surface area (Å²) < 4.78 is 6.51. The number of hydrogen-bond donors (Lipinski definition) is 0. The Morgan fingerprint density at radius 1 is 1.04 bits per heavy atom. The van der Waals surface area contributed by atoms with Crippen LogP contribution in [0.2, 0.25) is 0 Å². The normalized spacial score (nSPS) is 15.6. The van der Waals surface area contributed by atoms with Crippen LogP contribution in [0.1, 0.15) is 22.0 Å². The molecule has 1 aromatic heterocycles. The molecule has 1 aliphatic rings. The molecule has 2 heterocycles. The molecule has 1 unspecified atom stereocenters. The molecule has 0 spiro atoms. The van der Waals surface area contributed by atoms with E-state index in [1.807, 2.05) is 0 Å². The SMILES string of the molecule is Cc1cccn(C(C(=O)c2ccccc2)C(=O)N2CCOCC2)c1=O. The Morgan fingerprint density at radius 2 is 1.72 bits per heavy atom. The lowest BCUT2D eigenvalue weighted by molar-refractivity contribution is -0.137. The van der Waals surface area contributed by atoms with Crippen molar-refractivity contribution in [1.29, 1.82) is 0 Å². The third-order valence-corrected chi connectivity index (χ3v) is 4.31. The second-order valence-electron chi connectivity index (χ2n) is 5.97. The Kier molecular flexibility index (Phi) is 5.09. The third-order valence-electron chi connectivity index (χ3n) is 4.31. The van der Waals surface area contributed by atoms with Gasteiger partial charge >= 0.3 is 0 Å². The van der Waals surface area contributed by atoms with Crippen LogP contribution in [0.15, 0.2) is 53.5 Å². The quantitative estimate of drug-likeness (QED) is 0.624. The molecule has 1 aromatic carbocycles. The maximum atomic E-state index is 13.1. The average Bonchev–Trinajstić information content (AvgIpc) is 2.66. The zero-order chi connectivity index (χ0) is 17.8. The minimum atomic E-state index is -1.20. The summed E-state index contributed by atoms with van der Waals surface area (Å²) >= 11 is 0. The first-order valence-electron chi connectivity index (χ1n) is 8.23. The minimum Gasteiger partial charge on any atom is -0.378 e. The number of hydrogen-bond acceptors (Lipinski definition) is 4. The molecule has 0 saturated carbocycles. The monoisotopic (exact) mass is 340 g/mol. The van der Waals surface area contributed by atoms with Crippen molar-refractivity contribution in [2.24, 2.45) is 0 Å². The molecule has 3 rings (SSSR count). The molecule has 0 aliphatic carbocycles. The van der Waals surface area contributed by atoms with E-state index in [0.717, 1.165) is 0 Å². The van der Waals surface area contributed by atoms with Gasteiger partial charge in [0.25, 0.3) is 11.5 Å². The summed E-state index contributed by atoms with van der Waals surface area (Å²) in [5.74, 6) is -0.755. The van der Waals surface area contributed by atoms with E-state index in [0.29, 0.717) is 37.4 Å². The zero-order valence-corrected chi connectivity index (χ0v) is 14.1. The van der Waals surface area contributed by atoms with Crippen molar-refractivity contribution in [3.05, 3.63) is 70.1 Å². The van der Waals surface area contributed by atoms with Gasteiger partial charge in [0.15, 0.2) is 11.8 Å². The van der Waals surface area contributed by atoms with E-state index in [2.05, 4.69) is 0 Å². The maximum absolute atomic E-state index is 13.1. The first-order valence-corrected chi connectivity index (χ1v) is 8.23. The highest BCUT2D eigenvalue weighted by molar-refractivity contribution is 6.11. The second-order valence-corrected chi connectivity index (χ2v) is 5.97. The Labute approximate surface area is 145 Å². The van der Waals surface area contributed by atoms with Gasteiger partial charge in [0.05, 0.1) is 13.2 Å². The Hall–Kier alpha value is -2.73. The number of nitrogens with zero attached hydrogens (tertiary/aromatic N) is 2. The standard InChI is InChI=1S/C19H20N2O4/c1-14-6-5-9-21(18(14)23)16(17(22)15-7-3-2-4-8-15)19(24)20-10-12-25-13-11-20/h2-9,16H,10-13H2,1H3. The molecular weight excluding hydrogens is 320 g/mol. The van der Waals surface area contributed by atoms with Crippen molar-refractivity contribution >= 4 is 11.7 Å². The van der Waals surface area contributed by atoms with Crippen LogP contribution in [0, 0.1) is 6.92 Å². The summed E-state index contributed by atoms with van der Waals surface area (Å²) in [5, 5.41) is 0. The predicted molar refractivity (Wildman–Crippen MR) is 92.6 cm³/mol. The van der Waals surface area contributed by atoms with Gasteiger partial charge in [0, 0.05) is 30.4 Å². The highest BCUT2D eigenvalue weighted by atomic mass is 16.5. The van der Waals surface area contributed by atoms with Crippen molar-refractivity contribution in [1.82, 2.24) is 9.47 Å². The van der Waals surface area contributed by atoms with Gasteiger partial charge in [-0.1, -0.05) is 36.4 Å². The van der Waals surface area contributed by atoms with Gasteiger partial charge in [-0.25, -0.2) is 0 Å². The summed E-state index contributed by atoms with van der Waals surface area (Å²) in [4.78, 5) is 40.3. The lowest BCUT2D eigenvalue weighted by atomic mass is 10.0. The number of aromatic nitrogens is 1. The summed E-state index contributed by atoms with van der Waals surface area (Å²) in [6, 6.07) is 10.7. The number of rotatable bonds is 4. The van der Waals surface area contributed by atoms with E-state index in [9.17, 15) is 14.4 Å². The molecule has 1 saturated heterocycles. The molecule has 1 amide bonds. The predicted octanol–water partition coefficient (Wildman–Crippen LogP) is 1.44. The van der Waals surface area contributed by atoms with E-state index in [-0.39, 0.29) is 17.2 Å². The van der Waals surface area contributed by atoms with Crippen LogP contribution < -0.4 is 5.56 Å². The van der Waals surface area contributed by atoms with Crippen LogP contribution in [0.4, 0.5) is 0 Å². The first-order chi connectivity index (χ1) is 12.1. The average molecular weight is 340 g/mol. The number of ether oxygens (including phenoxy) is 1. The van der Waals surface area contributed by atoms with Crippen LogP contribution in [0.25, 0.3) is 0 Å². The smallest absolute Gasteiger partial charge is 0.254 e. The molecule has 0 radical (unpaired) electrons. The molecule has 25 heavy (non-hydrogen) atoms. The number of amides is 1. The van der Waals surface area contributed by atoms with Gasteiger partial charge in [0.2, 0.25) is 0 Å². The maximum Gasteiger partial charge on any atom is 0.254 e. The van der Waals surface area contributed by atoms with Crippen molar-refractivity contribution in [3.63, 3.8) is 0 Å². The molecule has 2 aromatic rings. The number of ketones is 1. The van der Waals surface area contributed by atoms with Crippen LogP contribution in [0.3, 0.4) is 0 Å². The molecule has 1 atom stereocenters. The fraction of sp³-hybridized carbons (Fsp3) is 0.316. The topological polar surface area (TPSA) is 68.6 Å². The fourth-order valence-corrected chi connectivity index (χ4v) is 2.90. The van der Waals surface area contributed by atoms with E-state index in [1.54, 1.807) is 54.3 Å². The number of morpholine rings is 1. The summed E-state index contributed by atoms with van der Waals surface area (Å²) in [7, 11) is 0. The summed E-state index contributed by atoms with van der Waals surface area (Å²) in [5.41, 5.74) is 0.559. The lowest BCUT2D eigenvalue weighted by Crippen LogP contribution is -2.48. The number of carbonyl (C=O) groups excluding carboxylic acids is 2. The summed E-state index contributed by atoms with van der Waals surface area (Å²) in [6.45, 7) is 3.36. The molecule has 6 heteroatoms. The fourth-order valence-electron chi connectivity index (χ4n) is 2.90. The van der Waals surface area contributed by atoms with E-state index in [1.165, 1.54) is 10.8 Å². The van der Waals surface area contributed by atoms with E-state index >= 15 is 0 Å². The third kappa shape index (κ3) is 3.53. The van der Waals surface area contributed by atoms with Crippen LogP contribution in [-0.2, 0) is 9.53 Å². The number of pyridine rings is 1. The van der Waals surface area contributed by atoms with Gasteiger partial charge in [0.1, 0.15) is 0 Å². The number of carbonyl (C=O) groups is 2. The highest BCUT2D eigenvalue weighted by Gasteiger charge is 2.34. The number of Topliss-reactive ketones (excluding diaryl/α,β-unsaturated/α-hetero) is 1. The summed E-state index contributed by atoms with van der Waals surface area (Å²) in [6.07, 6.45) is 1.50. The Balaban J connectivity index is 2.04. The molecule has 130 valence electrons. The first kappa shape index (κ1) is 17.1. The zero-order valence-electron chi connectivity index (χ0n) is 14.1. The van der Waals surface area contributed by atoms with Crippen molar-refractivity contribution in [2.75, 3.05) is 26.3 Å². The number of aryl methyl sites for hydroxylation is 1. The molecule has 6 nitrogen and oxygen atoms in total. The van der Waals surface area contributed by atoms with E-state index in [4.69, 9.17) is 4.74 Å². The molecule has 1 aliphatic heterocycles. The van der Waals surface area contributed by atoms with Crippen LogP contribution in [0.5, 0.6) is 0 Å². The van der Waals surface area contributed by atoms with E-state index < -0.39 is 6.04 Å². The largest absolute Gasteiger partial charge is 0.378 e. The molecule has 1 fully saturated rings. The minimum absolute atomic E-state index is 0.335. The Morgan fingerprint density at radius 3 is 2.40 bits per heavy atom. The van der Waals surface area contributed by atoms with Crippen molar-refractivity contribution in [2.45, 2.75) is 13.0 Å². The van der Waals surface area contributed by atoms with Gasteiger partial charge < -0.3 is 9.64 Å². The lowest BCUT2D eigenvalue weighted by Gasteiger charge is -2.30. The van der Waals surface area contributed by atoms with Crippen LogP contribution in [-0.4, -0.2) is 47.5 Å². The van der Waals surface area contributed by atoms with Crippen molar-refractivity contribution in [3.8, 4) is 0 Å². The van der Waals surface area contributed by atoms with Crippen molar-refractivity contribution < 1.29 is 14.3 Å². The Bertz CT molecular complexity index is 823.